The number of Topliss-reactive ketones (excluding diaryl/α,β-unsaturated/α-hetero) is 1. The molecule has 2 heteroatoms. The van der Waals surface area contributed by atoms with Crippen molar-refractivity contribution >= 4 is 5.78 Å². The molecule has 68 valence electrons. The minimum atomic E-state index is -0.0707. The minimum absolute atomic E-state index is 0.0707. The Morgan fingerprint density at radius 1 is 1.54 bits per heavy atom. The smallest absolute Gasteiger partial charge is 0.165 e. The molecule has 0 heterocycles. The van der Waals surface area contributed by atoms with E-state index in [4.69, 9.17) is 5.73 Å². The van der Waals surface area contributed by atoms with Crippen LogP contribution >= 0.6 is 0 Å². The van der Waals surface area contributed by atoms with Gasteiger partial charge in [0, 0.05) is 18.0 Å². The summed E-state index contributed by atoms with van der Waals surface area (Å²) in [6.07, 6.45) is 1.43. The lowest BCUT2D eigenvalue weighted by atomic mass is 9.99. The van der Waals surface area contributed by atoms with Crippen LogP contribution in [0, 0.1) is 0 Å². The van der Waals surface area contributed by atoms with Crippen LogP contribution in [0.5, 0.6) is 0 Å². The third kappa shape index (κ3) is 1.18. The lowest BCUT2D eigenvalue weighted by Crippen LogP contribution is -2.08. The molecule has 0 amide bonds. The number of carbonyl (C=O) groups excluding carboxylic acids is 1. The van der Waals surface area contributed by atoms with E-state index in [1.54, 1.807) is 0 Å². The van der Waals surface area contributed by atoms with Gasteiger partial charge in [-0.15, -0.1) is 0 Å². The van der Waals surface area contributed by atoms with Gasteiger partial charge in [-0.05, 0) is 17.5 Å². The van der Waals surface area contributed by atoms with E-state index in [-0.39, 0.29) is 11.8 Å². The molecule has 2 rings (SSSR count). The van der Waals surface area contributed by atoms with Crippen LogP contribution in [0.1, 0.15) is 40.9 Å². The maximum atomic E-state index is 11.5. The van der Waals surface area contributed by atoms with Gasteiger partial charge >= 0.3 is 0 Å². The van der Waals surface area contributed by atoms with Crippen LogP contribution in [0.25, 0.3) is 0 Å². The maximum absolute atomic E-state index is 11.5. The second-order valence-electron chi connectivity index (χ2n) is 3.47. The highest BCUT2D eigenvalue weighted by Gasteiger charge is 2.27. The summed E-state index contributed by atoms with van der Waals surface area (Å²) in [7, 11) is 0. The molecule has 0 bridgehead atoms. The Balaban J connectivity index is 2.62. The molecule has 1 aromatic carbocycles. The van der Waals surface area contributed by atoms with Crippen LogP contribution in [0.3, 0.4) is 0 Å². The Labute approximate surface area is 77.8 Å². The first kappa shape index (κ1) is 8.45. The largest absolute Gasteiger partial charge is 0.324 e. The topological polar surface area (TPSA) is 43.1 Å². The molecule has 0 saturated heterocycles. The van der Waals surface area contributed by atoms with Gasteiger partial charge in [0.05, 0.1) is 0 Å². The van der Waals surface area contributed by atoms with E-state index in [2.05, 4.69) is 13.0 Å². The van der Waals surface area contributed by atoms with Gasteiger partial charge in [-0.1, -0.05) is 25.1 Å². The fourth-order valence-electron chi connectivity index (χ4n) is 2.01. The molecule has 0 aromatic heterocycles. The van der Waals surface area contributed by atoms with Gasteiger partial charge in [-0.2, -0.15) is 0 Å². The average molecular weight is 175 g/mol. The highest BCUT2D eigenvalue weighted by atomic mass is 16.1. The number of fused-ring (bicyclic) bond motifs is 1. The van der Waals surface area contributed by atoms with E-state index in [9.17, 15) is 4.79 Å². The molecular weight excluding hydrogens is 162 g/mol. The first-order valence-corrected chi connectivity index (χ1v) is 4.64. The molecule has 0 radical (unpaired) electrons. The quantitative estimate of drug-likeness (QED) is 0.707. The Bertz CT molecular complexity index is 357. The predicted octanol–water partition coefficient (Wildman–Crippen LogP) is 1.84. The monoisotopic (exact) mass is 175 g/mol. The normalized spacial score (nSPS) is 20.5. The van der Waals surface area contributed by atoms with Gasteiger partial charge < -0.3 is 5.73 Å². The number of aryl methyl sites for hydroxylation is 1. The zero-order valence-electron chi connectivity index (χ0n) is 7.71. The highest BCUT2D eigenvalue weighted by molar-refractivity contribution is 6.01. The average Bonchev–Trinajstić information content (AvgIpc) is 2.43. The first-order chi connectivity index (χ1) is 6.24. The summed E-state index contributed by atoms with van der Waals surface area (Å²) in [5.41, 5.74) is 9.03. The third-order valence-electron chi connectivity index (χ3n) is 2.65. The van der Waals surface area contributed by atoms with E-state index >= 15 is 0 Å². The molecule has 1 aliphatic carbocycles. The zero-order chi connectivity index (χ0) is 9.42. The van der Waals surface area contributed by atoms with Crippen LogP contribution in [-0.2, 0) is 6.42 Å². The molecule has 0 spiro atoms. The Morgan fingerprint density at radius 3 is 3.00 bits per heavy atom. The van der Waals surface area contributed by atoms with Crippen LogP contribution in [-0.4, -0.2) is 5.78 Å². The van der Waals surface area contributed by atoms with Crippen LogP contribution in [0.4, 0.5) is 0 Å². The van der Waals surface area contributed by atoms with E-state index in [0.717, 1.165) is 17.5 Å². The molecule has 0 saturated carbocycles. The predicted molar refractivity (Wildman–Crippen MR) is 51.7 cm³/mol. The fourth-order valence-corrected chi connectivity index (χ4v) is 2.01. The second kappa shape index (κ2) is 2.96. The van der Waals surface area contributed by atoms with Crippen LogP contribution < -0.4 is 5.73 Å². The van der Waals surface area contributed by atoms with Crippen molar-refractivity contribution in [2.24, 2.45) is 5.73 Å². The van der Waals surface area contributed by atoms with Crippen molar-refractivity contribution < 1.29 is 4.79 Å². The van der Waals surface area contributed by atoms with Crippen LogP contribution in [0.2, 0.25) is 0 Å². The standard InChI is InChI=1S/C11H13NO/c1-2-7-4-3-5-8-10(13)6-9(12)11(7)8/h3-5,9H,2,6,12H2,1H3. The second-order valence-corrected chi connectivity index (χ2v) is 3.47. The molecule has 1 atom stereocenters. The summed E-state index contributed by atoms with van der Waals surface area (Å²) in [6, 6.07) is 5.80. The van der Waals surface area contributed by atoms with Gasteiger partial charge in [-0.3, -0.25) is 4.79 Å². The van der Waals surface area contributed by atoms with Gasteiger partial charge in [0.1, 0.15) is 0 Å². The van der Waals surface area contributed by atoms with E-state index in [1.165, 1.54) is 5.56 Å². The molecule has 0 fully saturated rings. The number of rotatable bonds is 1. The van der Waals surface area contributed by atoms with Crippen molar-refractivity contribution in [1.82, 2.24) is 0 Å². The van der Waals surface area contributed by atoms with Gasteiger partial charge in [0.25, 0.3) is 0 Å². The molecule has 0 aliphatic heterocycles. The van der Waals surface area contributed by atoms with Gasteiger partial charge in [0.15, 0.2) is 5.78 Å². The van der Waals surface area contributed by atoms with Gasteiger partial charge in [0.2, 0.25) is 0 Å². The number of nitrogens with two attached hydrogens (primary N) is 1. The van der Waals surface area contributed by atoms with E-state index in [1.807, 2.05) is 12.1 Å². The summed E-state index contributed by atoms with van der Waals surface area (Å²) < 4.78 is 0. The molecule has 1 aliphatic rings. The number of carbonyl (C=O) groups is 1. The molecule has 1 unspecified atom stereocenters. The molecule has 2 N–H and O–H groups in total. The van der Waals surface area contributed by atoms with Gasteiger partial charge in [-0.25, -0.2) is 0 Å². The molecule has 1 aromatic rings. The number of hydrogen-bond acceptors (Lipinski definition) is 2. The molecule has 13 heavy (non-hydrogen) atoms. The summed E-state index contributed by atoms with van der Waals surface area (Å²) in [5.74, 6) is 0.192. The zero-order valence-corrected chi connectivity index (χ0v) is 7.71. The van der Waals surface area contributed by atoms with E-state index < -0.39 is 0 Å². The van der Waals surface area contributed by atoms with Crippen molar-refractivity contribution in [2.75, 3.05) is 0 Å². The number of benzene rings is 1. The lowest BCUT2D eigenvalue weighted by Gasteiger charge is -2.08. The maximum Gasteiger partial charge on any atom is 0.165 e. The Morgan fingerprint density at radius 2 is 2.31 bits per heavy atom. The summed E-state index contributed by atoms with van der Waals surface area (Å²) >= 11 is 0. The van der Waals surface area contributed by atoms with Crippen molar-refractivity contribution in [3.63, 3.8) is 0 Å². The highest BCUT2D eigenvalue weighted by Crippen LogP contribution is 2.32. The lowest BCUT2D eigenvalue weighted by molar-refractivity contribution is 0.0989. The number of ketones is 1. The third-order valence-corrected chi connectivity index (χ3v) is 2.65. The van der Waals surface area contributed by atoms with Crippen molar-refractivity contribution in [3.8, 4) is 0 Å². The summed E-state index contributed by atoms with van der Waals surface area (Å²) in [5, 5.41) is 0. The number of hydrogen-bond donors (Lipinski definition) is 1. The van der Waals surface area contributed by atoms with Crippen LogP contribution in [0.15, 0.2) is 18.2 Å². The van der Waals surface area contributed by atoms with Crippen molar-refractivity contribution in [1.29, 1.82) is 0 Å². The first-order valence-electron chi connectivity index (χ1n) is 4.64. The Kier molecular flexibility index (Phi) is 1.93. The SMILES string of the molecule is CCc1cccc2c1C(N)CC2=O. The fraction of sp³-hybridized carbons (Fsp3) is 0.364. The van der Waals surface area contributed by atoms with Crippen molar-refractivity contribution in [2.45, 2.75) is 25.8 Å². The Hall–Kier alpha value is -1.15. The molecule has 2 nitrogen and oxygen atoms in total. The van der Waals surface area contributed by atoms with E-state index in [0.29, 0.717) is 6.42 Å². The molecular formula is C11H13NO. The summed E-state index contributed by atoms with van der Waals surface area (Å²) in [6.45, 7) is 2.09. The van der Waals surface area contributed by atoms with Crippen molar-refractivity contribution in [3.05, 3.63) is 34.9 Å². The summed E-state index contributed by atoms with van der Waals surface area (Å²) in [4.78, 5) is 11.5. The minimum Gasteiger partial charge on any atom is -0.324 e.